The number of fused-ring (bicyclic) bond motifs is 1. The van der Waals surface area contributed by atoms with E-state index in [1.807, 2.05) is 0 Å². The van der Waals surface area contributed by atoms with Crippen molar-refractivity contribution in [1.29, 1.82) is 0 Å². The van der Waals surface area contributed by atoms with Crippen molar-refractivity contribution in [3.8, 4) is 5.75 Å². The van der Waals surface area contributed by atoms with E-state index in [1.54, 1.807) is 6.92 Å². The molecule has 2 heterocycles. The molecule has 0 N–H and O–H groups in total. The van der Waals surface area contributed by atoms with E-state index >= 15 is 0 Å². The SMILES string of the molecule is CCc1c(OCCCCN2C(=O)CSC2=O)ccc2c(C(F)(F)F)cc(=O)oc12. The Kier molecular flexibility index (Phi) is 6.21. The Morgan fingerprint density at radius 3 is 2.59 bits per heavy atom. The van der Waals surface area contributed by atoms with E-state index in [0.29, 0.717) is 43.2 Å². The highest BCUT2D eigenvalue weighted by molar-refractivity contribution is 8.14. The number of amides is 2. The van der Waals surface area contributed by atoms with Gasteiger partial charge in [-0.3, -0.25) is 14.5 Å². The Morgan fingerprint density at radius 1 is 1.21 bits per heavy atom. The van der Waals surface area contributed by atoms with Crippen LogP contribution in [0, 0.1) is 0 Å². The number of thioether (sulfide) groups is 1. The molecule has 1 aliphatic heterocycles. The summed E-state index contributed by atoms with van der Waals surface area (Å²) < 4.78 is 50.5. The number of imide groups is 1. The number of alkyl halides is 3. The zero-order chi connectivity index (χ0) is 21.2. The average Bonchev–Trinajstić information content (AvgIpc) is 2.97. The molecule has 2 aromatic rings. The summed E-state index contributed by atoms with van der Waals surface area (Å²) in [5.74, 6) is 0.294. The molecule has 0 bridgehead atoms. The van der Waals surface area contributed by atoms with Gasteiger partial charge in [0.15, 0.2) is 0 Å². The molecule has 0 spiro atoms. The molecule has 156 valence electrons. The fourth-order valence-corrected chi connectivity index (χ4v) is 3.87. The topological polar surface area (TPSA) is 76.8 Å². The van der Waals surface area contributed by atoms with E-state index in [-0.39, 0.29) is 34.5 Å². The van der Waals surface area contributed by atoms with Gasteiger partial charge in [-0.25, -0.2) is 4.79 Å². The monoisotopic (exact) mass is 429 g/mol. The lowest BCUT2D eigenvalue weighted by Gasteiger charge is -2.15. The largest absolute Gasteiger partial charge is 0.493 e. The molecule has 1 aliphatic rings. The van der Waals surface area contributed by atoms with Gasteiger partial charge in [-0.2, -0.15) is 13.2 Å². The van der Waals surface area contributed by atoms with Crippen LogP contribution in [0.2, 0.25) is 0 Å². The number of aryl methyl sites for hydroxylation is 1. The molecule has 2 amide bonds. The van der Waals surface area contributed by atoms with Crippen LogP contribution in [0.25, 0.3) is 11.0 Å². The molecule has 29 heavy (non-hydrogen) atoms. The first-order valence-corrected chi connectivity index (χ1v) is 9.97. The second kappa shape index (κ2) is 8.48. The minimum atomic E-state index is -4.68. The van der Waals surface area contributed by atoms with Gasteiger partial charge in [0.25, 0.3) is 5.24 Å². The molecule has 3 rings (SSSR count). The predicted molar refractivity (Wildman–Crippen MR) is 101 cm³/mol. The zero-order valence-electron chi connectivity index (χ0n) is 15.5. The van der Waals surface area contributed by atoms with Crippen LogP contribution in [0.5, 0.6) is 5.75 Å². The Morgan fingerprint density at radius 2 is 1.97 bits per heavy atom. The molecule has 0 saturated carbocycles. The van der Waals surface area contributed by atoms with Crippen LogP contribution in [-0.2, 0) is 17.4 Å². The second-order valence-corrected chi connectivity index (χ2v) is 7.33. The molecule has 0 aliphatic carbocycles. The maximum Gasteiger partial charge on any atom is 0.417 e. The standard InChI is InChI=1S/C19H18F3NO5S/c1-2-11-14(27-8-4-3-7-23-15(24)10-29-18(23)26)6-5-12-13(19(20,21)22)9-16(25)28-17(11)12/h5-6,9H,2-4,7-8,10H2,1H3. The third-order valence-corrected chi connectivity index (χ3v) is 5.36. The highest BCUT2D eigenvalue weighted by atomic mass is 32.2. The minimum Gasteiger partial charge on any atom is -0.493 e. The number of unbranched alkanes of at least 4 members (excludes halogenated alkanes) is 1. The Labute approximate surface area is 168 Å². The number of hydrogen-bond acceptors (Lipinski definition) is 6. The van der Waals surface area contributed by atoms with Gasteiger partial charge < -0.3 is 9.15 Å². The van der Waals surface area contributed by atoms with Crippen LogP contribution in [-0.4, -0.2) is 35.0 Å². The molecule has 1 aromatic carbocycles. The minimum absolute atomic E-state index is 0.130. The zero-order valence-corrected chi connectivity index (χ0v) is 16.3. The first-order valence-electron chi connectivity index (χ1n) is 8.99. The summed E-state index contributed by atoms with van der Waals surface area (Å²) >= 11 is 0.974. The van der Waals surface area contributed by atoms with Crippen molar-refractivity contribution >= 4 is 33.9 Å². The van der Waals surface area contributed by atoms with Crippen molar-refractivity contribution in [2.75, 3.05) is 18.9 Å². The average molecular weight is 429 g/mol. The smallest absolute Gasteiger partial charge is 0.417 e. The summed E-state index contributed by atoms with van der Waals surface area (Å²) in [7, 11) is 0. The van der Waals surface area contributed by atoms with E-state index in [1.165, 1.54) is 17.0 Å². The number of rotatable bonds is 7. The van der Waals surface area contributed by atoms with E-state index in [2.05, 4.69) is 0 Å². The fourth-order valence-electron chi connectivity index (χ4n) is 3.12. The van der Waals surface area contributed by atoms with Gasteiger partial charge in [0.1, 0.15) is 11.3 Å². The fraction of sp³-hybridized carbons (Fsp3) is 0.421. The van der Waals surface area contributed by atoms with Crippen LogP contribution in [0.15, 0.2) is 27.4 Å². The van der Waals surface area contributed by atoms with Crippen molar-refractivity contribution < 1.29 is 31.9 Å². The highest BCUT2D eigenvalue weighted by Crippen LogP contribution is 2.37. The Hall–Kier alpha value is -2.49. The van der Waals surface area contributed by atoms with Gasteiger partial charge in [0, 0.05) is 23.6 Å². The van der Waals surface area contributed by atoms with E-state index in [0.717, 1.165) is 11.8 Å². The summed E-state index contributed by atoms with van der Waals surface area (Å²) in [5.41, 5.74) is -1.86. The number of carbonyl (C=O) groups excluding carboxylic acids is 2. The van der Waals surface area contributed by atoms with E-state index in [4.69, 9.17) is 9.15 Å². The maximum atomic E-state index is 13.2. The van der Waals surface area contributed by atoms with Crippen LogP contribution in [0.1, 0.15) is 30.9 Å². The Balaban J connectivity index is 1.72. The van der Waals surface area contributed by atoms with Crippen molar-refractivity contribution in [2.24, 2.45) is 0 Å². The van der Waals surface area contributed by atoms with Gasteiger partial charge >= 0.3 is 11.8 Å². The summed E-state index contributed by atoms with van der Waals surface area (Å²) in [6.45, 7) is 2.27. The summed E-state index contributed by atoms with van der Waals surface area (Å²) in [5, 5.41) is -0.445. The van der Waals surface area contributed by atoms with Crippen molar-refractivity contribution in [3.63, 3.8) is 0 Å². The van der Waals surface area contributed by atoms with Crippen LogP contribution in [0.4, 0.5) is 18.0 Å². The molecule has 1 fully saturated rings. The van der Waals surface area contributed by atoms with Crippen molar-refractivity contribution in [1.82, 2.24) is 4.90 Å². The number of halogens is 3. The summed E-state index contributed by atoms with van der Waals surface area (Å²) in [6.07, 6.45) is -3.29. The van der Waals surface area contributed by atoms with E-state index in [9.17, 15) is 27.6 Å². The predicted octanol–water partition coefficient (Wildman–Crippen LogP) is 4.23. The van der Waals surface area contributed by atoms with Crippen molar-refractivity contribution in [2.45, 2.75) is 32.4 Å². The quantitative estimate of drug-likeness (QED) is 0.484. The molecule has 0 atom stereocenters. The van der Waals surface area contributed by atoms with Gasteiger partial charge in [0.05, 0.1) is 17.9 Å². The van der Waals surface area contributed by atoms with Gasteiger partial charge in [-0.15, -0.1) is 0 Å². The molecular weight excluding hydrogens is 411 g/mol. The molecular formula is C19H18F3NO5S. The number of benzene rings is 1. The highest BCUT2D eigenvalue weighted by Gasteiger charge is 2.34. The maximum absolute atomic E-state index is 13.2. The second-order valence-electron chi connectivity index (χ2n) is 6.40. The first-order chi connectivity index (χ1) is 13.7. The normalized spacial score (nSPS) is 14.8. The number of nitrogens with zero attached hydrogens (tertiary/aromatic N) is 1. The third kappa shape index (κ3) is 4.58. The molecule has 0 radical (unpaired) electrons. The Bertz CT molecular complexity index is 986. The summed E-state index contributed by atoms with van der Waals surface area (Å²) in [4.78, 5) is 35.9. The van der Waals surface area contributed by atoms with E-state index < -0.39 is 17.4 Å². The molecule has 1 aromatic heterocycles. The van der Waals surface area contributed by atoms with Gasteiger partial charge in [-0.05, 0) is 31.4 Å². The lowest BCUT2D eigenvalue weighted by molar-refractivity contribution is -0.136. The third-order valence-electron chi connectivity index (χ3n) is 4.51. The lowest BCUT2D eigenvalue weighted by Crippen LogP contribution is -2.29. The first kappa shape index (κ1) is 21.2. The molecule has 6 nitrogen and oxygen atoms in total. The van der Waals surface area contributed by atoms with Gasteiger partial charge in [-0.1, -0.05) is 18.7 Å². The van der Waals surface area contributed by atoms with Crippen molar-refractivity contribution in [3.05, 3.63) is 39.7 Å². The molecule has 0 unspecified atom stereocenters. The lowest BCUT2D eigenvalue weighted by atomic mass is 10.0. The molecule has 10 heteroatoms. The van der Waals surface area contributed by atoms with Crippen LogP contribution >= 0.6 is 11.8 Å². The van der Waals surface area contributed by atoms with Crippen LogP contribution in [0.3, 0.4) is 0 Å². The number of carbonyl (C=O) groups is 2. The van der Waals surface area contributed by atoms with Crippen LogP contribution < -0.4 is 10.4 Å². The summed E-state index contributed by atoms with van der Waals surface area (Å²) in [6, 6.07) is 3.11. The molecule has 1 saturated heterocycles. The van der Waals surface area contributed by atoms with Gasteiger partial charge in [0.2, 0.25) is 5.91 Å². The number of hydrogen-bond donors (Lipinski definition) is 0. The number of ether oxygens (including phenoxy) is 1.